The van der Waals surface area contributed by atoms with E-state index in [1.807, 2.05) is 0 Å². The summed E-state index contributed by atoms with van der Waals surface area (Å²) in [5.74, 6) is -1.99. The van der Waals surface area contributed by atoms with E-state index in [0.717, 1.165) is 19.3 Å². The lowest BCUT2D eigenvalue weighted by molar-refractivity contribution is -0.146. The molecule has 0 saturated carbocycles. The molecule has 7 heteroatoms. The molecular formula is C14H16ClN3O3. The van der Waals surface area contributed by atoms with E-state index in [-0.39, 0.29) is 0 Å². The van der Waals surface area contributed by atoms with Gasteiger partial charge in [-0.3, -0.25) is 25.2 Å². The van der Waals surface area contributed by atoms with Gasteiger partial charge in [0.1, 0.15) is 0 Å². The van der Waals surface area contributed by atoms with E-state index in [1.165, 1.54) is 11.0 Å². The van der Waals surface area contributed by atoms with Crippen LogP contribution in [0.3, 0.4) is 0 Å². The van der Waals surface area contributed by atoms with Gasteiger partial charge in [0.05, 0.1) is 0 Å². The number of hydrazine groups is 1. The third-order valence-corrected chi connectivity index (χ3v) is 3.45. The molecule has 0 aromatic heterocycles. The Morgan fingerprint density at radius 1 is 1.05 bits per heavy atom. The summed E-state index contributed by atoms with van der Waals surface area (Å²) in [6.45, 7) is 1.16. The average molecular weight is 310 g/mol. The summed E-state index contributed by atoms with van der Waals surface area (Å²) in [6, 6.07) is 6.28. The molecule has 2 N–H and O–H groups in total. The number of piperidine rings is 1. The van der Waals surface area contributed by atoms with Crippen molar-refractivity contribution < 1.29 is 14.4 Å². The summed E-state index contributed by atoms with van der Waals surface area (Å²) in [6.07, 6.45) is 2.86. The van der Waals surface area contributed by atoms with Crippen LogP contribution in [-0.2, 0) is 9.59 Å². The number of amides is 3. The van der Waals surface area contributed by atoms with Crippen LogP contribution >= 0.6 is 11.6 Å². The minimum Gasteiger partial charge on any atom is -0.334 e. The Kier molecular flexibility index (Phi) is 5.16. The maximum atomic E-state index is 11.8. The molecule has 0 spiro atoms. The summed E-state index contributed by atoms with van der Waals surface area (Å²) in [5.41, 5.74) is 4.63. The number of hydrogen-bond donors (Lipinski definition) is 2. The Bertz CT molecular complexity index is 556. The number of nitrogens with one attached hydrogen (secondary N) is 2. The number of halogens is 1. The lowest BCUT2D eigenvalue weighted by Gasteiger charge is -2.25. The third-order valence-electron chi connectivity index (χ3n) is 3.21. The van der Waals surface area contributed by atoms with E-state index >= 15 is 0 Å². The van der Waals surface area contributed by atoms with E-state index in [2.05, 4.69) is 10.9 Å². The highest BCUT2D eigenvalue weighted by Crippen LogP contribution is 2.10. The number of carbonyl (C=O) groups excluding carboxylic acids is 3. The molecule has 0 atom stereocenters. The Morgan fingerprint density at radius 2 is 1.76 bits per heavy atom. The van der Waals surface area contributed by atoms with E-state index in [0.29, 0.717) is 23.7 Å². The van der Waals surface area contributed by atoms with Gasteiger partial charge in [-0.1, -0.05) is 17.7 Å². The van der Waals surface area contributed by atoms with Crippen molar-refractivity contribution in [2.75, 3.05) is 13.1 Å². The van der Waals surface area contributed by atoms with E-state index < -0.39 is 17.7 Å². The molecule has 0 radical (unpaired) electrons. The van der Waals surface area contributed by atoms with E-state index in [4.69, 9.17) is 11.6 Å². The molecule has 21 heavy (non-hydrogen) atoms. The smallest absolute Gasteiger partial charge is 0.327 e. The van der Waals surface area contributed by atoms with Gasteiger partial charge in [0, 0.05) is 23.7 Å². The van der Waals surface area contributed by atoms with Crippen LogP contribution < -0.4 is 10.9 Å². The van der Waals surface area contributed by atoms with Gasteiger partial charge < -0.3 is 4.90 Å². The van der Waals surface area contributed by atoms with Crippen LogP contribution in [0.5, 0.6) is 0 Å². The number of nitrogens with zero attached hydrogens (tertiary/aromatic N) is 1. The molecule has 1 aliphatic rings. The number of likely N-dealkylation sites (tertiary alicyclic amines) is 1. The second-order valence-electron chi connectivity index (χ2n) is 4.77. The van der Waals surface area contributed by atoms with Gasteiger partial charge in [0.25, 0.3) is 5.91 Å². The van der Waals surface area contributed by atoms with Crippen LogP contribution in [0, 0.1) is 0 Å². The first-order chi connectivity index (χ1) is 10.1. The summed E-state index contributed by atoms with van der Waals surface area (Å²) in [5, 5.41) is 0.415. The zero-order valence-electron chi connectivity index (χ0n) is 11.4. The van der Waals surface area contributed by atoms with Gasteiger partial charge in [0.2, 0.25) is 0 Å². The van der Waals surface area contributed by atoms with Crippen molar-refractivity contribution in [3.63, 3.8) is 0 Å². The summed E-state index contributed by atoms with van der Waals surface area (Å²) < 4.78 is 0. The van der Waals surface area contributed by atoms with Crippen molar-refractivity contribution in [1.82, 2.24) is 15.8 Å². The maximum absolute atomic E-state index is 11.8. The first kappa shape index (κ1) is 15.3. The predicted molar refractivity (Wildman–Crippen MR) is 77.5 cm³/mol. The van der Waals surface area contributed by atoms with Gasteiger partial charge in [-0.25, -0.2) is 0 Å². The molecule has 1 fully saturated rings. The minimum absolute atomic E-state index is 0.299. The highest BCUT2D eigenvalue weighted by Gasteiger charge is 2.23. The molecule has 0 bridgehead atoms. The van der Waals surface area contributed by atoms with Crippen molar-refractivity contribution >= 4 is 29.3 Å². The highest BCUT2D eigenvalue weighted by atomic mass is 35.5. The second kappa shape index (κ2) is 7.08. The average Bonchev–Trinajstić information content (AvgIpc) is 2.52. The molecular weight excluding hydrogens is 294 g/mol. The van der Waals surface area contributed by atoms with Crippen molar-refractivity contribution in [2.45, 2.75) is 19.3 Å². The fourth-order valence-corrected chi connectivity index (χ4v) is 2.30. The van der Waals surface area contributed by atoms with Crippen molar-refractivity contribution in [3.05, 3.63) is 34.9 Å². The lowest BCUT2D eigenvalue weighted by Crippen LogP contribution is -2.50. The first-order valence-electron chi connectivity index (χ1n) is 6.73. The van der Waals surface area contributed by atoms with Gasteiger partial charge in [-0.2, -0.15) is 0 Å². The summed E-state index contributed by atoms with van der Waals surface area (Å²) in [7, 11) is 0. The van der Waals surface area contributed by atoms with Crippen molar-refractivity contribution in [2.24, 2.45) is 0 Å². The molecule has 1 aromatic rings. The summed E-state index contributed by atoms with van der Waals surface area (Å²) >= 11 is 5.78. The Labute approximate surface area is 127 Å². The minimum atomic E-state index is -0.840. The Morgan fingerprint density at radius 3 is 2.43 bits per heavy atom. The first-order valence-corrected chi connectivity index (χ1v) is 7.11. The number of carbonyl (C=O) groups is 3. The van der Waals surface area contributed by atoms with Crippen LogP contribution in [0.15, 0.2) is 24.3 Å². The predicted octanol–water partition coefficient (Wildman–Crippen LogP) is 1.11. The molecule has 0 unspecified atom stereocenters. The zero-order chi connectivity index (χ0) is 15.2. The van der Waals surface area contributed by atoms with Gasteiger partial charge in [-0.05, 0) is 37.5 Å². The van der Waals surface area contributed by atoms with Crippen molar-refractivity contribution in [1.29, 1.82) is 0 Å². The quantitative estimate of drug-likeness (QED) is 0.602. The van der Waals surface area contributed by atoms with Crippen LogP contribution in [0.4, 0.5) is 0 Å². The zero-order valence-corrected chi connectivity index (χ0v) is 12.2. The van der Waals surface area contributed by atoms with Crippen LogP contribution in [0.2, 0.25) is 5.02 Å². The third kappa shape index (κ3) is 4.19. The normalized spacial score (nSPS) is 14.4. The molecule has 2 rings (SSSR count). The van der Waals surface area contributed by atoms with Gasteiger partial charge >= 0.3 is 11.8 Å². The Hall–Kier alpha value is -2.08. The topological polar surface area (TPSA) is 78.5 Å². The number of hydrogen-bond acceptors (Lipinski definition) is 3. The molecule has 1 heterocycles. The molecule has 1 saturated heterocycles. The molecule has 1 aromatic carbocycles. The SMILES string of the molecule is O=C(NNC(=O)c1cccc(Cl)c1)C(=O)N1CCCCC1. The molecule has 3 amide bonds. The Balaban J connectivity index is 1.85. The molecule has 1 aliphatic heterocycles. The fraction of sp³-hybridized carbons (Fsp3) is 0.357. The van der Waals surface area contributed by atoms with Crippen molar-refractivity contribution in [3.8, 4) is 0 Å². The molecule has 6 nitrogen and oxygen atoms in total. The number of rotatable bonds is 1. The van der Waals surface area contributed by atoms with E-state index in [1.54, 1.807) is 18.2 Å². The lowest BCUT2D eigenvalue weighted by atomic mass is 10.1. The second-order valence-corrected chi connectivity index (χ2v) is 5.21. The standard InChI is InChI=1S/C14H16ClN3O3/c15-11-6-4-5-10(9-11)12(19)16-17-13(20)14(21)18-7-2-1-3-8-18/h4-6,9H,1-3,7-8H2,(H,16,19)(H,17,20). The molecule has 0 aliphatic carbocycles. The number of benzene rings is 1. The summed E-state index contributed by atoms with van der Waals surface area (Å²) in [4.78, 5) is 36.8. The van der Waals surface area contributed by atoms with Crippen LogP contribution in [-0.4, -0.2) is 35.7 Å². The van der Waals surface area contributed by atoms with E-state index in [9.17, 15) is 14.4 Å². The maximum Gasteiger partial charge on any atom is 0.327 e. The van der Waals surface area contributed by atoms with Gasteiger partial charge in [0.15, 0.2) is 0 Å². The van der Waals surface area contributed by atoms with Crippen LogP contribution in [0.25, 0.3) is 0 Å². The largest absolute Gasteiger partial charge is 0.334 e. The van der Waals surface area contributed by atoms with Crippen LogP contribution in [0.1, 0.15) is 29.6 Å². The van der Waals surface area contributed by atoms with Gasteiger partial charge in [-0.15, -0.1) is 0 Å². The molecule has 112 valence electrons. The monoisotopic (exact) mass is 309 g/mol. The highest BCUT2D eigenvalue weighted by molar-refractivity contribution is 6.35. The fourth-order valence-electron chi connectivity index (χ4n) is 2.11.